The van der Waals surface area contributed by atoms with Crippen LogP contribution in [-0.4, -0.2) is 46.8 Å². The zero-order chi connectivity index (χ0) is 33.6. The average molecular weight is 653 g/mol. The van der Waals surface area contributed by atoms with E-state index >= 15 is 0 Å². The smallest absolute Gasteiger partial charge is 0.351 e. The van der Waals surface area contributed by atoms with Gasteiger partial charge < -0.3 is 28.1 Å². The molecule has 4 fully saturated rings. The summed E-state index contributed by atoms with van der Waals surface area (Å²) in [6, 6.07) is 5.32. The molecule has 10 nitrogen and oxygen atoms in total. The van der Waals surface area contributed by atoms with Crippen molar-refractivity contribution in [3.8, 4) is 5.75 Å². The molecular weight excluding hydrogens is 612 g/mol. The van der Waals surface area contributed by atoms with Gasteiger partial charge in [0.1, 0.15) is 16.9 Å². The van der Waals surface area contributed by atoms with E-state index in [2.05, 4.69) is 0 Å². The Balaban J connectivity index is 1.37. The highest BCUT2D eigenvalue weighted by Gasteiger charge is 2.78. The van der Waals surface area contributed by atoms with E-state index in [1.807, 2.05) is 54.5 Å². The lowest BCUT2D eigenvalue weighted by Crippen LogP contribution is -2.57. The van der Waals surface area contributed by atoms with E-state index in [0.717, 1.165) is 5.56 Å². The fraction of sp³-hybridized carbons (Fsp3) is 0.629. The monoisotopic (exact) mass is 652 g/mol. The van der Waals surface area contributed by atoms with Crippen molar-refractivity contribution in [3.63, 3.8) is 0 Å². The summed E-state index contributed by atoms with van der Waals surface area (Å²) in [6.45, 7) is 16.4. The minimum Gasteiger partial charge on any atom is -0.483 e. The molecule has 0 radical (unpaired) electrons. The fourth-order valence-corrected chi connectivity index (χ4v) is 9.01. The third kappa shape index (κ3) is 3.40. The molecule has 2 saturated carbocycles. The van der Waals surface area contributed by atoms with Crippen molar-refractivity contribution in [3.05, 3.63) is 34.0 Å². The van der Waals surface area contributed by atoms with Gasteiger partial charge in [0.2, 0.25) is 11.2 Å². The second kappa shape index (κ2) is 8.90. The predicted octanol–water partition coefficient (Wildman–Crippen LogP) is 6.38. The van der Waals surface area contributed by atoms with Crippen LogP contribution in [-0.2, 0) is 38.1 Å². The maximum atomic E-state index is 14.5. The molecule has 4 bridgehead atoms. The Morgan fingerprint density at radius 3 is 1.78 bits per heavy atom. The highest BCUT2D eigenvalue weighted by Crippen LogP contribution is 2.67. The number of esters is 4. The van der Waals surface area contributed by atoms with Gasteiger partial charge >= 0.3 is 23.9 Å². The van der Waals surface area contributed by atoms with Crippen molar-refractivity contribution in [1.29, 1.82) is 0 Å². The molecule has 3 aliphatic heterocycles. The Bertz CT molecular complexity index is 1840. The Labute approximate surface area is 272 Å². The van der Waals surface area contributed by atoms with Crippen LogP contribution in [0, 0.1) is 33.3 Å². The summed E-state index contributed by atoms with van der Waals surface area (Å²) in [6.07, 6.45) is -0.996. The molecule has 4 heterocycles. The van der Waals surface area contributed by atoms with E-state index in [0.29, 0.717) is 41.5 Å². The molecule has 5 aliphatic rings. The molecule has 2 saturated heterocycles. The number of ether oxygens (including phenoxy) is 5. The van der Waals surface area contributed by atoms with Crippen LogP contribution >= 0.6 is 12.2 Å². The number of hydrogen-bond acceptors (Lipinski definition) is 11. The minimum atomic E-state index is -1.55. The maximum Gasteiger partial charge on any atom is 0.351 e. The van der Waals surface area contributed by atoms with E-state index in [1.54, 1.807) is 26.0 Å². The van der Waals surface area contributed by atoms with Crippen LogP contribution in [0.4, 0.5) is 0 Å². The zero-order valence-electron chi connectivity index (χ0n) is 27.7. The summed E-state index contributed by atoms with van der Waals surface area (Å²) in [5.74, 6) is -2.02. The van der Waals surface area contributed by atoms with Crippen LogP contribution in [0.25, 0.3) is 11.0 Å². The van der Waals surface area contributed by atoms with Crippen molar-refractivity contribution in [2.75, 3.05) is 0 Å². The maximum absolute atomic E-state index is 14.5. The third-order valence-corrected chi connectivity index (χ3v) is 13.2. The predicted molar refractivity (Wildman–Crippen MR) is 165 cm³/mol. The lowest BCUT2D eigenvalue weighted by atomic mass is 9.66. The first kappa shape index (κ1) is 31.1. The first-order valence-corrected chi connectivity index (χ1v) is 16.3. The second-order valence-electron chi connectivity index (χ2n) is 15.8. The van der Waals surface area contributed by atoms with Crippen LogP contribution in [0.2, 0.25) is 0 Å². The third-order valence-electron chi connectivity index (χ3n) is 13.0. The number of carbonyl (C=O) groups is 4. The number of hydrogen-bond donors (Lipinski definition) is 0. The first-order valence-electron chi connectivity index (χ1n) is 15.8. The molecule has 11 heteroatoms. The summed E-state index contributed by atoms with van der Waals surface area (Å²) in [5, 5.41) is 0.706. The zero-order valence-corrected chi connectivity index (χ0v) is 28.5. The molecule has 4 unspecified atom stereocenters. The van der Waals surface area contributed by atoms with Crippen LogP contribution in [0.1, 0.15) is 98.3 Å². The molecule has 0 spiro atoms. The topological polar surface area (TPSA) is 128 Å². The van der Waals surface area contributed by atoms with Gasteiger partial charge in [-0.3, -0.25) is 9.59 Å². The summed E-state index contributed by atoms with van der Waals surface area (Å²) in [4.78, 5) is 55.0. The summed E-state index contributed by atoms with van der Waals surface area (Å²) >= 11 is 5.44. The summed E-state index contributed by atoms with van der Waals surface area (Å²) in [5.41, 5.74) is -6.31. The van der Waals surface area contributed by atoms with Crippen molar-refractivity contribution >= 4 is 47.1 Å². The Morgan fingerprint density at radius 1 is 0.783 bits per heavy atom. The number of fused-ring (bicyclic) bond motifs is 7. The second-order valence-corrected chi connectivity index (χ2v) is 16.2. The first-order chi connectivity index (χ1) is 21.2. The number of aryl methyl sites for hydroxylation is 1. The van der Waals surface area contributed by atoms with Crippen molar-refractivity contribution in [2.24, 2.45) is 21.7 Å². The fourth-order valence-electron chi connectivity index (χ4n) is 8.75. The normalized spacial score (nSPS) is 37.3. The number of benzene rings is 1. The summed E-state index contributed by atoms with van der Waals surface area (Å²) in [7, 11) is 0. The van der Waals surface area contributed by atoms with Gasteiger partial charge in [-0.15, -0.1) is 0 Å². The molecule has 1 aromatic heterocycles. The van der Waals surface area contributed by atoms with Gasteiger partial charge in [0.15, 0.2) is 16.9 Å². The molecule has 6 atom stereocenters. The molecule has 2 aliphatic carbocycles. The lowest BCUT2D eigenvalue weighted by molar-refractivity contribution is -0.217. The van der Waals surface area contributed by atoms with Crippen LogP contribution in [0.5, 0.6) is 5.75 Å². The van der Waals surface area contributed by atoms with Crippen LogP contribution < -0.4 is 4.74 Å². The Morgan fingerprint density at radius 2 is 1.30 bits per heavy atom. The van der Waals surface area contributed by atoms with Gasteiger partial charge in [-0.25, -0.2) is 9.59 Å². The molecule has 46 heavy (non-hydrogen) atoms. The largest absolute Gasteiger partial charge is 0.483 e. The standard InChI is InChI=1S/C35H40O10S/c1-17-16-20(46)40-22-18(17)10-11-19-21(22)23(41-27(38)34-14-12-32(8,25(36)44-34)30(34,4)5)24(29(2,3)43-19)42-28(39)35-15-13-33(9,26(37)45-35)31(35,6)7/h10-11,16,23-24H,12-15H2,1-9H3/t23-,24-,32?,33?,34?,35?/m1/s1. The Kier molecular flexibility index (Phi) is 6.03. The van der Waals surface area contributed by atoms with Gasteiger partial charge in [-0.2, -0.15) is 0 Å². The van der Waals surface area contributed by atoms with Crippen LogP contribution in [0.3, 0.4) is 0 Å². The number of rotatable bonds is 4. The highest BCUT2D eigenvalue weighted by atomic mass is 32.1. The molecule has 7 rings (SSSR count). The van der Waals surface area contributed by atoms with Crippen molar-refractivity contribution < 1.29 is 47.3 Å². The lowest BCUT2D eigenvalue weighted by Gasteiger charge is -2.45. The van der Waals surface area contributed by atoms with Crippen molar-refractivity contribution in [2.45, 2.75) is 117 Å². The van der Waals surface area contributed by atoms with E-state index in [4.69, 9.17) is 40.3 Å². The van der Waals surface area contributed by atoms with Gasteiger partial charge in [-0.1, -0.05) is 27.7 Å². The minimum absolute atomic E-state index is 0.210. The molecule has 1 aromatic carbocycles. The molecule has 0 amide bonds. The van der Waals surface area contributed by atoms with E-state index in [1.165, 1.54) is 0 Å². The van der Waals surface area contributed by atoms with Crippen LogP contribution in [0.15, 0.2) is 22.6 Å². The van der Waals surface area contributed by atoms with Gasteiger partial charge in [0.05, 0.1) is 16.4 Å². The SMILES string of the molecule is Cc1cc(=S)oc2c3c(ccc12)OC(C)(C)[C@H](OC(=O)C12CCC(C)(C(=O)O1)C2(C)C)[C@@H]3OC(=O)C12CCC(C)(C(=O)O1)C2(C)C. The van der Waals surface area contributed by atoms with E-state index < -0.39 is 74.5 Å². The molecule has 246 valence electrons. The molecule has 2 aromatic rings. The molecule has 0 N–H and O–H groups in total. The molecular formula is C35H40O10S. The Hall–Kier alpha value is -3.47. The van der Waals surface area contributed by atoms with E-state index in [9.17, 15) is 19.2 Å². The highest BCUT2D eigenvalue weighted by molar-refractivity contribution is 7.71. The average Bonchev–Trinajstić information content (AvgIpc) is 3.42. The summed E-state index contributed by atoms with van der Waals surface area (Å²) < 4.78 is 37.3. The quantitative estimate of drug-likeness (QED) is 0.207. The van der Waals surface area contributed by atoms with E-state index in [-0.39, 0.29) is 11.1 Å². The number of carbonyl (C=O) groups excluding carboxylic acids is 4. The van der Waals surface area contributed by atoms with Crippen molar-refractivity contribution in [1.82, 2.24) is 0 Å². The van der Waals surface area contributed by atoms with Gasteiger partial charge in [0, 0.05) is 16.2 Å². The van der Waals surface area contributed by atoms with Gasteiger partial charge in [0.25, 0.3) is 0 Å². The van der Waals surface area contributed by atoms with Gasteiger partial charge in [-0.05, 0) is 96.3 Å².